The van der Waals surface area contributed by atoms with Crippen LogP contribution < -0.4 is 15.2 Å². The van der Waals surface area contributed by atoms with Gasteiger partial charge in [-0.15, -0.1) is 0 Å². The predicted octanol–water partition coefficient (Wildman–Crippen LogP) is 1.03. The number of hydrogen-bond acceptors (Lipinski definition) is 6. The second-order valence-electron chi connectivity index (χ2n) is 4.49. The molecule has 0 spiro atoms. The van der Waals surface area contributed by atoms with Gasteiger partial charge in [0.1, 0.15) is 25.4 Å². The van der Waals surface area contributed by atoms with Crippen LogP contribution in [0.3, 0.4) is 0 Å². The van der Waals surface area contributed by atoms with Gasteiger partial charge in [0.2, 0.25) is 0 Å². The minimum atomic E-state index is 0.105. The molecular formula is C14H11N5O2. The van der Waals surface area contributed by atoms with Crippen molar-refractivity contribution in [1.29, 1.82) is 10.5 Å². The number of nitriles is 2. The summed E-state index contributed by atoms with van der Waals surface area (Å²) < 4.78 is 12.6. The van der Waals surface area contributed by atoms with E-state index in [2.05, 4.69) is 4.98 Å². The fraction of sp³-hybridized carbons (Fsp3) is 0.214. The molecule has 2 heterocycles. The maximum absolute atomic E-state index is 9.12. The Balaban J connectivity index is 1.98. The Kier molecular flexibility index (Phi) is 3.09. The molecular weight excluding hydrogens is 270 g/mol. The Morgan fingerprint density at radius 2 is 1.90 bits per heavy atom. The van der Waals surface area contributed by atoms with E-state index in [0.717, 1.165) is 5.56 Å². The van der Waals surface area contributed by atoms with Crippen LogP contribution in [0.5, 0.6) is 11.5 Å². The molecule has 0 amide bonds. The summed E-state index contributed by atoms with van der Waals surface area (Å²) in [6.07, 6.45) is 1.45. The Hall–Kier alpha value is -3.19. The molecule has 0 atom stereocenters. The topological polar surface area (TPSA) is 110 Å². The SMILES string of the molecule is N#Cc1ncn(Cc2cc3c(cc2N)OCCO3)c1C#N. The number of nitrogens with two attached hydrogens (primary N) is 1. The lowest BCUT2D eigenvalue weighted by Gasteiger charge is -2.20. The van der Waals surface area contributed by atoms with Gasteiger partial charge >= 0.3 is 0 Å². The van der Waals surface area contributed by atoms with Crippen molar-refractivity contribution < 1.29 is 9.47 Å². The second kappa shape index (κ2) is 5.06. The lowest BCUT2D eigenvalue weighted by Crippen LogP contribution is -2.16. The molecule has 1 aromatic carbocycles. The zero-order valence-electron chi connectivity index (χ0n) is 11.0. The maximum Gasteiger partial charge on any atom is 0.176 e. The third-order valence-corrected chi connectivity index (χ3v) is 3.19. The highest BCUT2D eigenvalue weighted by molar-refractivity contribution is 5.58. The van der Waals surface area contributed by atoms with E-state index in [0.29, 0.717) is 36.9 Å². The fourth-order valence-electron chi connectivity index (χ4n) is 2.17. The van der Waals surface area contributed by atoms with Crippen molar-refractivity contribution in [2.24, 2.45) is 0 Å². The number of rotatable bonds is 2. The number of aromatic nitrogens is 2. The minimum Gasteiger partial charge on any atom is -0.486 e. The molecule has 104 valence electrons. The van der Waals surface area contributed by atoms with Crippen LogP contribution in [-0.4, -0.2) is 22.8 Å². The molecule has 0 radical (unpaired) electrons. The number of nitrogen functional groups attached to an aromatic ring is 1. The van der Waals surface area contributed by atoms with Crippen LogP contribution in [0.15, 0.2) is 18.5 Å². The molecule has 2 N–H and O–H groups in total. The molecule has 3 rings (SSSR count). The molecule has 0 saturated heterocycles. The van der Waals surface area contributed by atoms with E-state index in [1.165, 1.54) is 6.33 Å². The highest BCUT2D eigenvalue weighted by Gasteiger charge is 2.16. The zero-order chi connectivity index (χ0) is 14.8. The third-order valence-electron chi connectivity index (χ3n) is 3.19. The average Bonchev–Trinajstić information content (AvgIpc) is 2.89. The van der Waals surface area contributed by atoms with Crippen molar-refractivity contribution in [3.63, 3.8) is 0 Å². The molecule has 0 fully saturated rings. The number of hydrogen-bond donors (Lipinski definition) is 1. The summed E-state index contributed by atoms with van der Waals surface area (Å²) >= 11 is 0. The van der Waals surface area contributed by atoms with Crippen molar-refractivity contribution in [3.05, 3.63) is 35.4 Å². The quantitative estimate of drug-likeness (QED) is 0.823. The van der Waals surface area contributed by atoms with E-state index in [1.54, 1.807) is 16.7 Å². The Labute approximate surface area is 120 Å². The van der Waals surface area contributed by atoms with Crippen LogP contribution >= 0.6 is 0 Å². The molecule has 0 unspecified atom stereocenters. The van der Waals surface area contributed by atoms with E-state index < -0.39 is 0 Å². The number of fused-ring (bicyclic) bond motifs is 1. The Bertz CT molecular complexity index is 782. The highest BCUT2D eigenvalue weighted by atomic mass is 16.6. The summed E-state index contributed by atoms with van der Waals surface area (Å²) in [5.41, 5.74) is 7.64. The van der Waals surface area contributed by atoms with Crippen LogP contribution in [0, 0.1) is 22.7 Å². The van der Waals surface area contributed by atoms with Gasteiger partial charge in [-0.05, 0) is 11.6 Å². The number of nitrogens with zero attached hydrogens (tertiary/aromatic N) is 4. The van der Waals surface area contributed by atoms with Gasteiger partial charge in [-0.25, -0.2) is 4.98 Å². The van der Waals surface area contributed by atoms with Crippen LogP contribution in [0.25, 0.3) is 0 Å². The molecule has 21 heavy (non-hydrogen) atoms. The summed E-state index contributed by atoms with van der Waals surface area (Å²) in [5, 5.41) is 18.0. The first kappa shape index (κ1) is 12.8. The van der Waals surface area contributed by atoms with Crippen molar-refractivity contribution >= 4 is 5.69 Å². The van der Waals surface area contributed by atoms with Crippen LogP contribution in [-0.2, 0) is 6.54 Å². The number of anilines is 1. The third kappa shape index (κ3) is 2.21. The zero-order valence-corrected chi connectivity index (χ0v) is 11.0. The van der Waals surface area contributed by atoms with Gasteiger partial charge in [-0.2, -0.15) is 10.5 Å². The van der Waals surface area contributed by atoms with Crippen molar-refractivity contribution in [3.8, 4) is 23.6 Å². The number of imidazole rings is 1. The van der Waals surface area contributed by atoms with E-state index in [4.69, 9.17) is 25.7 Å². The summed E-state index contributed by atoms with van der Waals surface area (Å²) in [7, 11) is 0. The standard InChI is InChI=1S/C14H11N5O2/c15-5-11-12(6-16)19(8-18-11)7-9-3-13-14(4-10(9)17)21-2-1-20-13/h3-4,8H,1-2,7,17H2. The average molecular weight is 281 g/mol. The monoisotopic (exact) mass is 281 g/mol. The van der Waals surface area contributed by atoms with Gasteiger partial charge in [0, 0.05) is 11.8 Å². The largest absolute Gasteiger partial charge is 0.486 e. The van der Waals surface area contributed by atoms with Gasteiger partial charge in [0.05, 0.1) is 12.9 Å². The smallest absolute Gasteiger partial charge is 0.176 e. The Morgan fingerprint density at radius 1 is 1.19 bits per heavy atom. The summed E-state index contributed by atoms with van der Waals surface area (Å²) in [4.78, 5) is 3.90. The fourth-order valence-corrected chi connectivity index (χ4v) is 2.17. The van der Waals surface area contributed by atoms with E-state index in [9.17, 15) is 0 Å². The van der Waals surface area contributed by atoms with Crippen molar-refractivity contribution in [2.75, 3.05) is 18.9 Å². The molecule has 1 aliphatic rings. The van der Waals surface area contributed by atoms with Crippen molar-refractivity contribution in [2.45, 2.75) is 6.54 Å². The predicted molar refractivity (Wildman–Crippen MR) is 72.6 cm³/mol. The van der Waals surface area contributed by atoms with Gasteiger partial charge < -0.3 is 19.8 Å². The molecule has 7 nitrogen and oxygen atoms in total. The summed E-state index contributed by atoms with van der Waals surface area (Å²) in [6, 6.07) is 7.36. The first-order chi connectivity index (χ1) is 10.2. The molecule has 0 bridgehead atoms. The highest BCUT2D eigenvalue weighted by Crippen LogP contribution is 2.34. The lowest BCUT2D eigenvalue weighted by atomic mass is 10.1. The van der Waals surface area contributed by atoms with Gasteiger partial charge in [-0.1, -0.05) is 0 Å². The normalized spacial score (nSPS) is 12.5. The van der Waals surface area contributed by atoms with Gasteiger partial charge in [0.25, 0.3) is 0 Å². The van der Waals surface area contributed by atoms with Gasteiger partial charge in [0.15, 0.2) is 22.9 Å². The summed E-state index contributed by atoms with van der Waals surface area (Å²) in [6.45, 7) is 1.32. The van der Waals surface area contributed by atoms with Gasteiger partial charge in [-0.3, -0.25) is 0 Å². The van der Waals surface area contributed by atoms with E-state index in [-0.39, 0.29) is 11.4 Å². The molecule has 1 aromatic heterocycles. The second-order valence-corrected chi connectivity index (χ2v) is 4.49. The lowest BCUT2D eigenvalue weighted by molar-refractivity contribution is 0.171. The first-order valence-corrected chi connectivity index (χ1v) is 6.26. The number of ether oxygens (including phenoxy) is 2. The van der Waals surface area contributed by atoms with Crippen molar-refractivity contribution in [1.82, 2.24) is 9.55 Å². The van der Waals surface area contributed by atoms with Crippen LogP contribution in [0.2, 0.25) is 0 Å². The minimum absolute atomic E-state index is 0.105. The summed E-state index contributed by atoms with van der Waals surface area (Å²) in [5.74, 6) is 1.25. The molecule has 1 aliphatic heterocycles. The van der Waals surface area contributed by atoms with E-state index >= 15 is 0 Å². The Morgan fingerprint density at radius 3 is 2.57 bits per heavy atom. The number of benzene rings is 1. The van der Waals surface area contributed by atoms with Crippen LogP contribution in [0.1, 0.15) is 17.0 Å². The molecule has 0 saturated carbocycles. The maximum atomic E-state index is 9.12. The van der Waals surface area contributed by atoms with E-state index in [1.807, 2.05) is 12.1 Å². The first-order valence-electron chi connectivity index (χ1n) is 6.26. The molecule has 7 heteroatoms. The molecule has 0 aliphatic carbocycles. The molecule has 2 aromatic rings. The van der Waals surface area contributed by atoms with Crippen LogP contribution in [0.4, 0.5) is 5.69 Å².